The van der Waals surface area contributed by atoms with Gasteiger partial charge in [-0.3, -0.25) is 29.7 Å². The Morgan fingerprint density at radius 3 is 2.45 bits per heavy atom. The Morgan fingerprint density at radius 2 is 1.81 bits per heavy atom. The summed E-state index contributed by atoms with van der Waals surface area (Å²) >= 11 is 3.24. The summed E-state index contributed by atoms with van der Waals surface area (Å²) in [6.07, 6.45) is 2.63. The molecule has 31 heavy (non-hydrogen) atoms. The molecule has 3 aromatic rings. The number of aromatic hydroxyl groups is 1. The molecule has 3 rings (SSSR count). The average Bonchev–Trinajstić information content (AvgIpc) is 3.09. The van der Waals surface area contributed by atoms with E-state index in [1.165, 1.54) is 16.8 Å². The molecule has 0 saturated heterocycles. The van der Waals surface area contributed by atoms with Crippen molar-refractivity contribution in [1.29, 1.82) is 0 Å². The number of carbonyl (C=O) groups is 1. The van der Waals surface area contributed by atoms with Gasteiger partial charge in [-0.15, -0.1) is 0 Å². The number of halogens is 1. The minimum absolute atomic E-state index is 0.0295. The lowest BCUT2D eigenvalue weighted by Crippen LogP contribution is -2.19. The lowest BCUT2D eigenvalue weighted by molar-refractivity contribution is -0.385. The van der Waals surface area contributed by atoms with Gasteiger partial charge in [-0.25, -0.2) is 5.43 Å². The van der Waals surface area contributed by atoms with E-state index >= 15 is 0 Å². The SMILES string of the molecule is O=C(NN=Cc1cc([N+](=O)[O-])ccc1O)c1nn(Cc2ccc([N+](=O)[O-])cc2)cc1Br. The third-order valence-electron chi connectivity index (χ3n) is 4.02. The molecule has 0 bridgehead atoms. The molecule has 0 spiro atoms. The van der Waals surface area contributed by atoms with Crippen molar-refractivity contribution in [3.8, 4) is 5.75 Å². The standard InChI is InChI=1S/C18H13BrN6O6/c19-15-10-23(9-11-1-3-13(4-2-11)24(28)29)22-17(15)18(27)21-20-8-12-7-14(25(30)31)5-6-16(12)26/h1-8,10,26H,9H2,(H,21,27). The Morgan fingerprint density at radius 1 is 1.16 bits per heavy atom. The van der Waals surface area contributed by atoms with Crippen molar-refractivity contribution in [2.75, 3.05) is 0 Å². The zero-order valence-corrected chi connectivity index (χ0v) is 17.1. The monoisotopic (exact) mass is 488 g/mol. The average molecular weight is 489 g/mol. The minimum atomic E-state index is -0.657. The van der Waals surface area contributed by atoms with Crippen LogP contribution in [-0.2, 0) is 6.54 Å². The first kappa shape index (κ1) is 21.6. The lowest BCUT2D eigenvalue weighted by atomic mass is 10.2. The first-order valence-electron chi connectivity index (χ1n) is 8.51. The molecule has 0 fully saturated rings. The summed E-state index contributed by atoms with van der Waals surface area (Å²) in [7, 11) is 0. The molecular weight excluding hydrogens is 476 g/mol. The number of non-ortho nitro benzene ring substituents is 2. The second-order valence-electron chi connectivity index (χ2n) is 6.15. The van der Waals surface area contributed by atoms with Gasteiger partial charge in [-0.05, 0) is 27.6 Å². The topological polar surface area (TPSA) is 166 Å². The van der Waals surface area contributed by atoms with E-state index in [1.54, 1.807) is 18.3 Å². The van der Waals surface area contributed by atoms with Crippen LogP contribution in [0.4, 0.5) is 11.4 Å². The summed E-state index contributed by atoms with van der Waals surface area (Å²) < 4.78 is 1.86. The number of hydrazone groups is 1. The molecule has 0 radical (unpaired) electrons. The van der Waals surface area contributed by atoms with Crippen molar-refractivity contribution in [2.45, 2.75) is 6.54 Å². The van der Waals surface area contributed by atoms with Gasteiger partial charge in [-0.2, -0.15) is 10.2 Å². The molecule has 0 atom stereocenters. The van der Waals surface area contributed by atoms with Crippen LogP contribution in [-0.4, -0.2) is 36.9 Å². The second-order valence-corrected chi connectivity index (χ2v) is 7.00. The fourth-order valence-corrected chi connectivity index (χ4v) is 3.01. The van der Waals surface area contributed by atoms with Crippen molar-refractivity contribution < 1.29 is 19.7 Å². The number of nitro groups is 2. The Balaban J connectivity index is 1.68. The Bertz CT molecular complexity index is 1190. The molecule has 12 nitrogen and oxygen atoms in total. The van der Waals surface area contributed by atoms with Crippen LogP contribution in [0, 0.1) is 20.2 Å². The van der Waals surface area contributed by atoms with E-state index in [2.05, 4.69) is 31.6 Å². The van der Waals surface area contributed by atoms with Crippen LogP contribution >= 0.6 is 15.9 Å². The van der Waals surface area contributed by atoms with E-state index in [1.807, 2.05) is 0 Å². The van der Waals surface area contributed by atoms with Crippen LogP contribution in [0.15, 0.2) is 58.2 Å². The molecule has 1 aromatic heterocycles. The lowest BCUT2D eigenvalue weighted by Gasteiger charge is -2.02. The van der Waals surface area contributed by atoms with Crippen molar-refractivity contribution in [2.24, 2.45) is 5.10 Å². The van der Waals surface area contributed by atoms with Gasteiger partial charge >= 0.3 is 0 Å². The Hall–Kier alpha value is -4.13. The van der Waals surface area contributed by atoms with Gasteiger partial charge in [0.25, 0.3) is 17.3 Å². The highest BCUT2D eigenvalue weighted by Crippen LogP contribution is 2.21. The molecule has 0 saturated carbocycles. The quantitative estimate of drug-likeness (QED) is 0.292. The Kier molecular flexibility index (Phi) is 6.35. The summed E-state index contributed by atoms with van der Waals surface area (Å²) in [5, 5.41) is 39.1. The highest BCUT2D eigenvalue weighted by Gasteiger charge is 2.15. The molecule has 0 aliphatic rings. The fourth-order valence-electron chi connectivity index (χ4n) is 2.51. The van der Waals surface area contributed by atoms with Crippen molar-refractivity contribution >= 4 is 39.4 Å². The first-order chi connectivity index (χ1) is 14.7. The van der Waals surface area contributed by atoms with E-state index < -0.39 is 15.8 Å². The summed E-state index contributed by atoms with van der Waals surface area (Å²) in [6.45, 7) is 0.273. The number of nitro benzene ring substituents is 2. The summed E-state index contributed by atoms with van der Waals surface area (Å²) in [4.78, 5) is 32.7. The number of aromatic nitrogens is 2. The highest BCUT2D eigenvalue weighted by molar-refractivity contribution is 9.10. The van der Waals surface area contributed by atoms with Crippen LogP contribution in [0.2, 0.25) is 0 Å². The normalized spacial score (nSPS) is 10.9. The van der Waals surface area contributed by atoms with Gasteiger partial charge < -0.3 is 5.11 Å². The minimum Gasteiger partial charge on any atom is -0.507 e. The van der Waals surface area contributed by atoms with Crippen LogP contribution in [0.1, 0.15) is 21.6 Å². The maximum atomic E-state index is 12.3. The first-order valence-corrected chi connectivity index (χ1v) is 9.31. The smallest absolute Gasteiger partial charge is 0.293 e. The highest BCUT2D eigenvalue weighted by atomic mass is 79.9. The summed E-state index contributed by atoms with van der Waals surface area (Å²) in [5.74, 6) is -0.896. The number of phenolic OH excluding ortho intramolecular Hbond substituents is 1. The van der Waals surface area contributed by atoms with Gasteiger partial charge in [0.2, 0.25) is 0 Å². The number of rotatable bonds is 7. The van der Waals surface area contributed by atoms with Gasteiger partial charge in [0.1, 0.15) is 5.75 Å². The predicted molar refractivity (Wildman–Crippen MR) is 112 cm³/mol. The largest absolute Gasteiger partial charge is 0.507 e. The molecule has 0 aliphatic heterocycles. The van der Waals surface area contributed by atoms with Crippen LogP contribution in [0.5, 0.6) is 5.75 Å². The van der Waals surface area contributed by atoms with E-state index in [9.17, 15) is 30.1 Å². The summed E-state index contributed by atoms with van der Waals surface area (Å²) in [6, 6.07) is 9.32. The molecule has 0 unspecified atom stereocenters. The van der Waals surface area contributed by atoms with E-state index in [0.29, 0.717) is 4.47 Å². The maximum Gasteiger partial charge on any atom is 0.293 e. The van der Waals surface area contributed by atoms with Crippen LogP contribution < -0.4 is 5.43 Å². The maximum absolute atomic E-state index is 12.3. The van der Waals surface area contributed by atoms with Crippen LogP contribution in [0.25, 0.3) is 0 Å². The third-order valence-corrected chi connectivity index (χ3v) is 4.60. The number of carbonyl (C=O) groups excluding carboxylic acids is 1. The predicted octanol–water partition coefficient (Wildman–Crippen LogP) is 2.98. The molecule has 2 N–H and O–H groups in total. The number of hydrogen-bond donors (Lipinski definition) is 2. The van der Waals surface area contributed by atoms with Gasteiger partial charge in [-0.1, -0.05) is 12.1 Å². The van der Waals surface area contributed by atoms with Gasteiger partial charge in [0, 0.05) is 36.0 Å². The number of phenols is 1. The molecule has 1 heterocycles. The van der Waals surface area contributed by atoms with Crippen molar-refractivity contribution in [1.82, 2.24) is 15.2 Å². The molecule has 13 heteroatoms. The second kappa shape index (κ2) is 9.13. The number of benzene rings is 2. The number of amides is 1. The van der Waals surface area contributed by atoms with Gasteiger partial charge in [0.05, 0.1) is 27.1 Å². The number of nitrogens with zero attached hydrogens (tertiary/aromatic N) is 5. The molecule has 1 amide bonds. The fraction of sp³-hybridized carbons (Fsp3) is 0.0556. The molecule has 2 aromatic carbocycles. The van der Waals surface area contributed by atoms with Gasteiger partial charge in [0.15, 0.2) is 5.69 Å². The zero-order chi connectivity index (χ0) is 22.5. The molecular formula is C18H13BrN6O6. The summed E-state index contributed by atoms with van der Waals surface area (Å²) in [5.41, 5.74) is 2.79. The molecule has 0 aliphatic carbocycles. The number of nitrogens with one attached hydrogen (secondary N) is 1. The molecule has 158 valence electrons. The van der Waals surface area contributed by atoms with E-state index in [0.717, 1.165) is 30.0 Å². The zero-order valence-electron chi connectivity index (χ0n) is 15.5. The number of hydrogen-bond acceptors (Lipinski definition) is 8. The van der Waals surface area contributed by atoms with E-state index in [-0.39, 0.29) is 34.9 Å². The van der Waals surface area contributed by atoms with Crippen molar-refractivity contribution in [3.05, 3.63) is 90.2 Å². The van der Waals surface area contributed by atoms with Crippen molar-refractivity contribution in [3.63, 3.8) is 0 Å². The third kappa shape index (κ3) is 5.27. The Labute approximate surface area is 182 Å². The van der Waals surface area contributed by atoms with Crippen LogP contribution in [0.3, 0.4) is 0 Å². The van der Waals surface area contributed by atoms with E-state index in [4.69, 9.17) is 0 Å².